The minimum Gasteiger partial charge on any atom is -0.462 e. The summed E-state index contributed by atoms with van der Waals surface area (Å²) in [4.78, 5) is 38.0. The maximum absolute atomic E-state index is 12.8. The maximum atomic E-state index is 12.8. The predicted octanol–water partition coefficient (Wildman–Crippen LogP) is 4.65. The van der Waals surface area contributed by atoms with E-state index >= 15 is 0 Å². The minimum absolute atomic E-state index is 0.121. The van der Waals surface area contributed by atoms with E-state index in [0.29, 0.717) is 5.56 Å². The number of hydrogen-bond donors (Lipinski definition) is 1. The fourth-order valence-electron chi connectivity index (χ4n) is 2.74. The maximum Gasteiger partial charge on any atom is 0.285 e. The molecule has 1 aliphatic heterocycles. The lowest BCUT2D eigenvalue weighted by Gasteiger charge is -2.15. The molecule has 1 aromatic heterocycles. The Morgan fingerprint density at radius 3 is 2.63 bits per heavy atom. The van der Waals surface area contributed by atoms with Gasteiger partial charge in [-0.25, -0.2) is 0 Å². The van der Waals surface area contributed by atoms with E-state index < -0.39 is 17.2 Å². The first-order chi connectivity index (χ1) is 14.3. The zero-order valence-electron chi connectivity index (χ0n) is 14.8. The Hall–Kier alpha value is -2.65. The van der Waals surface area contributed by atoms with Crippen molar-refractivity contribution in [1.82, 2.24) is 10.4 Å². The summed E-state index contributed by atoms with van der Waals surface area (Å²) in [6.07, 6.45) is 2.56. The lowest BCUT2D eigenvalue weighted by atomic mass is 10.1. The zero-order chi connectivity index (χ0) is 21.4. The molecule has 10 heteroatoms. The molecule has 2 amide bonds. The van der Waals surface area contributed by atoms with Crippen LogP contribution in [0.1, 0.15) is 15.9 Å². The summed E-state index contributed by atoms with van der Waals surface area (Å²) in [7, 11) is 0. The van der Waals surface area contributed by atoms with E-state index in [1.165, 1.54) is 24.5 Å². The zero-order valence-corrected chi connectivity index (χ0v) is 18.0. The number of thiocarbonyl (C=S) groups is 1. The van der Waals surface area contributed by atoms with E-state index in [2.05, 4.69) is 5.43 Å². The molecule has 1 aliphatic rings. The summed E-state index contributed by atoms with van der Waals surface area (Å²) in [6, 6.07) is 11.3. The molecule has 0 spiro atoms. The highest BCUT2D eigenvalue weighted by atomic mass is 35.5. The minimum atomic E-state index is -0.557. The molecule has 150 valence electrons. The fourth-order valence-corrected chi connectivity index (χ4v) is 4.45. The van der Waals surface area contributed by atoms with Crippen LogP contribution in [0.25, 0.3) is 17.0 Å². The molecule has 2 aromatic carbocycles. The van der Waals surface area contributed by atoms with E-state index in [0.717, 1.165) is 16.8 Å². The SMILES string of the molecule is O=C(NN1C(=O)/C(=C/c2coc3c(Cl)cc(Cl)cc3c2=O)SC1=S)c1ccccc1. The van der Waals surface area contributed by atoms with Crippen LogP contribution in [0.5, 0.6) is 0 Å². The van der Waals surface area contributed by atoms with Crippen LogP contribution in [0, 0.1) is 0 Å². The lowest BCUT2D eigenvalue weighted by molar-refractivity contribution is -0.123. The number of rotatable bonds is 3. The van der Waals surface area contributed by atoms with Gasteiger partial charge in [0, 0.05) is 10.6 Å². The van der Waals surface area contributed by atoms with Crippen molar-refractivity contribution < 1.29 is 14.0 Å². The van der Waals surface area contributed by atoms with Gasteiger partial charge in [0.1, 0.15) is 6.26 Å². The third-order valence-electron chi connectivity index (χ3n) is 4.15. The monoisotopic (exact) mass is 476 g/mol. The average Bonchev–Trinajstić information content (AvgIpc) is 2.98. The van der Waals surface area contributed by atoms with Crippen LogP contribution in [0.4, 0.5) is 0 Å². The topological polar surface area (TPSA) is 79.6 Å². The van der Waals surface area contributed by atoms with E-state index in [1.807, 2.05) is 0 Å². The second kappa shape index (κ2) is 8.23. The number of halogens is 2. The Morgan fingerprint density at radius 2 is 1.90 bits per heavy atom. The van der Waals surface area contributed by atoms with Crippen molar-refractivity contribution in [2.45, 2.75) is 0 Å². The molecule has 6 nitrogen and oxygen atoms in total. The number of hydrazine groups is 1. The van der Waals surface area contributed by atoms with Gasteiger partial charge in [0.25, 0.3) is 11.8 Å². The molecular weight excluding hydrogens is 467 g/mol. The summed E-state index contributed by atoms with van der Waals surface area (Å²) in [6.45, 7) is 0. The average molecular weight is 477 g/mol. The number of amides is 2. The van der Waals surface area contributed by atoms with Crippen LogP contribution < -0.4 is 10.9 Å². The van der Waals surface area contributed by atoms with E-state index in [-0.39, 0.29) is 35.8 Å². The highest BCUT2D eigenvalue weighted by molar-refractivity contribution is 8.26. The number of benzene rings is 2. The highest BCUT2D eigenvalue weighted by Crippen LogP contribution is 2.32. The molecule has 30 heavy (non-hydrogen) atoms. The quantitative estimate of drug-likeness (QED) is 0.437. The summed E-state index contributed by atoms with van der Waals surface area (Å²) >= 11 is 18.2. The fraction of sp³-hybridized carbons (Fsp3) is 0. The number of nitrogens with zero attached hydrogens (tertiary/aromatic N) is 1. The summed E-state index contributed by atoms with van der Waals surface area (Å²) in [5, 5.41) is 1.65. The number of thioether (sulfide) groups is 1. The van der Waals surface area contributed by atoms with Gasteiger partial charge >= 0.3 is 0 Å². The van der Waals surface area contributed by atoms with Gasteiger partial charge in [0.15, 0.2) is 15.3 Å². The van der Waals surface area contributed by atoms with Gasteiger partial charge in [0.05, 0.1) is 20.9 Å². The van der Waals surface area contributed by atoms with Crippen molar-refractivity contribution in [3.8, 4) is 0 Å². The largest absolute Gasteiger partial charge is 0.462 e. The molecule has 1 fully saturated rings. The first kappa shape index (κ1) is 20.6. The Labute approximate surface area is 189 Å². The van der Waals surface area contributed by atoms with Gasteiger partial charge in [-0.05, 0) is 42.6 Å². The molecule has 1 saturated heterocycles. The number of fused-ring (bicyclic) bond motifs is 1. The highest BCUT2D eigenvalue weighted by Gasteiger charge is 2.34. The van der Waals surface area contributed by atoms with Crippen LogP contribution in [0.3, 0.4) is 0 Å². The Bertz CT molecular complexity index is 1310. The molecule has 0 saturated carbocycles. The molecular formula is C20H10Cl2N2O4S2. The van der Waals surface area contributed by atoms with E-state index in [9.17, 15) is 14.4 Å². The second-order valence-corrected chi connectivity index (χ2v) is 8.63. The standard InChI is InChI=1S/C20H10Cl2N2O4S2/c21-12-7-13-16(25)11(9-28-17(13)14(22)8-12)6-15-19(27)24(20(29)30-15)23-18(26)10-4-2-1-3-5-10/h1-9H,(H,23,26)/b15-6-. The second-order valence-electron chi connectivity index (χ2n) is 6.11. The smallest absolute Gasteiger partial charge is 0.285 e. The van der Waals surface area contributed by atoms with Crippen molar-refractivity contribution in [2.75, 3.05) is 0 Å². The van der Waals surface area contributed by atoms with Gasteiger partial charge in [-0.2, -0.15) is 5.01 Å². The molecule has 1 N–H and O–H groups in total. The van der Waals surface area contributed by atoms with Crippen LogP contribution >= 0.6 is 47.2 Å². The Kier molecular flexibility index (Phi) is 5.66. The molecule has 0 atom stereocenters. The third-order valence-corrected chi connectivity index (χ3v) is 5.95. The van der Waals surface area contributed by atoms with Crippen molar-refractivity contribution in [3.05, 3.63) is 85.0 Å². The molecule has 0 bridgehead atoms. The predicted molar refractivity (Wildman–Crippen MR) is 121 cm³/mol. The van der Waals surface area contributed by atoms with Crippen LogP contribution in [-0.4, -0.2) is 21.1 Å². The third kappa shape index (κ3) is 3.87. The lowest BCUT2D eigenvalue weighted by Crippen LogP contribution is -2.44. The number of nitrogens with one attached hydrogen (secondary N) is 1. The first-order valence-electron chi connectivity index (χ1n) is 8.39. The molecule has 4 rings (SSSR count). The molecule has 0 unspecified atom stereocenters. The van der Waals surface area contributed by atoms with Gasteiger partial charge < -0.3 is 4.42 Å². The van der Waals surface area contributed by atoms with Crippen molar-refractivity contribution >= 4 is 80.4 Å². The van der Waals surface area contributed by atoms with E-state index in [4.69, 9.17) is 39.8 Å². The van der Waals surface area contributed by atoms with Gasteiger partial charge in [-0.3, -0.25) is 19.8 Å². The van der Waals surface area contributed by atoms with Gasteiger partial charge in [-0.1, -0.05) is 53.2 Å². The molecule has 0 aliphatic carbocycles. The first-order valence-corrected chi connectivity index (χ1v) is 10.4. The Balaban J connectivity index is 1.65. The van der Waals surface area contributed by atoms with E-state index in [1.54, 1.807) is 30.3 Å². The van der Waals surface area contributed by atoms with Gasteiger partial charge in [-0.15, -0.1) is 0 Å². The molecule has 2 heterocycles. The summed E-state index contributed by atoms with van der Waals surface area (Å²) < 4.78 is 5.59. The van der Waals surface area contributed by atoms with Crippen LogP contribution in [0.15, 0.2) is 62.8 Å². The molecule has 0 radical (unpaired) electrons. The van der Waals surface area contributed by atoms with Crippen molar-refractivity contribution in [3.63, 3.8) is 0 Å². The van der Waals surface area contributed by atoms with Gasteiger partial charge in [0.2, 0.25) is 0 Å². The van der Waals surface area contributed by atoms with Crippen LogP contribution in [0.2, 0.25) is 10.0 Å². The summed E-state index contributed by atoms with van der Waals surface area (Å²) in [5.41, 5.74) is 2.77. The summed E-state index contributed by atoms with van der Waals surface area (Å²) in [5.74, 6) is -1.04. The normalized spacial score (nSPS) is 15.3. The van der Waals surface area contributed by atoms with Crippen LogP contribution in [-0.2, 0) is 4.79 Å². The number of carbonyl (C=O) groups excluding carboxylic acids is 2. The number of carbonyl (C=O) groups is 2. The van der Waals surface area contributed by atoms with Crippen molar-refractivity contribution in [1.29, 1.82) is 0 Å². The Morgan fingerprint density at radius 1 is 1.17 bits per heavy atom. The number of hydrogen-bond acceptors (Lipinski definition) is 6. The van der Waals surface area contributed by atoms with Crippen molar-refractivity contribution in [2.24, 2.45) is 0 Å². The molecule has 3 aromatic rings.